The Balaban J connectivity index is 2.41. The van der Waals surface area contributed by atoms with E-state index in [1.807, 2.05) is 0 Å². The summed E-state index contributed by atoms with van der Waals surface area (Å²) < 4.78 is 0. The molecule has 1 rings (SSSR count). The van der Waals surface area contributed by atoms with E-state index < -0.39 is 12.2 Å². The predicted octanol–water partition coefficient (Wildman–Crippen LogP) is 0.656. The number of halogens is 1. The molecular formula is C6H11BrO2. The van der Waals surface area contributed by atoms with Gasteiger partial charge in [-0.2, -0.15) is 0 Å². The fraction of sp³-hybridized carbons (Fsp3) is 1.00. The van der Waals surface area contributed by atoms with E-state index in [1.54, 1.807) is 0 Å². The number of hydrogen-bond acceptors (Lipinski definition) is 2. The Bertz CT molecular complexity index is 87.1. The minimum atomic E-state index is -0.557. The molecule has 0 heterocycles. The van der Waals surface area contributed by atoms with Crippen molar-refractivity contribution in [2.75, 3.05) is 0 Å². The van der Waals surface area contributed by atoms with Gasteiger partial charge in [0.2, 0.25) is 0 Å². The van der Waals surface area contributed by atoms with Crippen LogP contribution in [0.4, 0.5) is 0 Å². The lowest BCUT2D eigenvalue weighted by Gasteiger charge is -2.27. The number of aliphatic hydroxyl groups excluding tert-OH is 2. The highest BCUT2D eigenvalue weighted by Gasteiger charge is 2.27. The van der Waals surface area contributed by atoms with Crippen molar-refractivity contribution in [1.29, 1.82) is 0 Å². The summed E-state index contributed by atoms with van der Waals surface area (Å²) in [5.41, 5.74) is 0. The van der Waals surface area contributed by atoms with Gasteiger partial charge in [0, 0.05) is 4.83 Å². The molecule has 1 aliphatic carbocycles. The molecule has 0 aliphatic heterocycles. The molecule has 0 bridgehead atoms. The van der Waals surface area contributed by atoms with E-state index in [1.165, 1.54) is 0 Å². The third-order valence-corrected chi connectivity index (χ3v) is 2.74. The van der Waals surface area contributed by atoms with Crippen molar-refractivity contribution in [3.05, 3.63) is 0 Å². The zero-order valence-electron chi connectivity index (χ0n) is 5.13. The first kappa shape index (κ1) is 7.51. The normalized spacial score (nSPS) is 45.0. The third-order valence-electron chi connectivity index (χ3n) is 1.74. The Morgan fingerprint density at radius 1 is 1.22 bits per heavy atom. The SMILES string of the molecule is O[C@H]1[C@@H](O)CCC[C@@H]1Br. The van der Waals surface area contributed by atoms with Gasteiger partial charge in [0.05, 0.1) is 12.2 Å². The summed E-state index contributed by atoms with van der Waals surface area (Å²) in [6, 6.07) is 0. The molecule has 0 spiro atoms. The standard InChI is InChI=1S/C6H11BrO2/c7-4-2-1-3-5(8)6(4)9/h4-6,8-9H,1-3H2/t4-,5-,6+/m0/s1. The lowest BCUT2D eigenvalue weighted by atomic mass is 9.95. The third kappa shape index (κ3) is 1.66. The first-order valence-corrected chi connectivity index (χ1v) is 4.13. The van der Waals surface area contributed by atoms with Crippen molar-refractivity contribution >= 4 is 15.9 Å². The van der Waals surface area contributed by atoms with Crippen molar-refractivity contribution in [3.8, 4) is 0 Å². The van der Waals surface area contributed by atoms with E-state index in [0.29, 0.717) is 0 Å². The van der Waals surface area contributed by atoms with Gasteiger partial charge in [0.15, 0.2) is 0 Å². The van der Waals surface area contributed by atoms with Crippen molar-refractivity contribution in [1.82, 2.24) is 0 Å². The van der Waals surface area contributed by atoms with Crippen molar-refractivity contribution < 1.29 is 10.2 Å². The van der Waals surface area contributed by atoms with Gasteiger partial charge in [-0.25, -0.2) is 0 Å². The minimum Gasteiger partial charge on any atom is -0.390 e. The molecule has 0 aromatic rings. The van der Waals surface area contributed by atoms with E-state index >= 15 is 0 Å². The van der Waals surface area contributed by atoms with Crippen LogP contribution in [0.25, 0.3) is 0 Å². The predicted molar refractivity (Wildman–Crippen MR) is 38.6 cm³/mol. The molecule has 3 atom stereocenters. The first-order chi connectivity index (χ1) is 4.22. The second kappa shape index (κ2) is 2.99. The zero-order valence-corrected chi connectivity index (χ0v) is 6.71. The highest BCUT2D eigenvalue weighted by atomic mass is 79.9. The molecule has 0 saturated heterocycles. The van der Waals surface area contributed by atoms with Gasteiger partial charge in [-0.05, 0) is 19.3 Å². The van der Waals surface area contributed by atoms with Gasteiger partial charge in [-0.1, -0.05) is 15.9 Å². The number of aliphatic hydroxyl groups is 2. The van der Waals surface area contributed by atoms with E-state index in [9.17, 15) is 0 Å². The molecular weight excluding hydrogens is 184 g/mol. The maximum atomic E-state index is 9.15. The lowest BCUT2D eigenvalue weighted by Crippen LogP contribution is -2.37. The lowest BCUT2D eigenvalue weighted by molar-refractivity contribution is -0.00306. The van der Waals surface area contributed by atoms with Crippen LogP contribution in [0.15, 0.2) is 0 Å². The molecule has 0 radical (unpaired) electrons. The minimum absolute atomic E-state index is 0.0984. The van der Waals surface area contributed by atoms with Crippen LogP contribution in [0, 0.1) is 0 Å². The van der Waals surface area contributed by atoms with Crippen molar-refractivity contribution in [2.45, 2.75) is 36.3 Å². The van der Waals surface area contributed by atoms with Crippen LogP contribution in [-0.2, 0) is 0 Å². The first-order valence-electron chi connectivity index (χ1n) is 3.22. The van der Waals surface area contributed by atoms with Crippen LogP contribution in [0.1, 0.15) is 19.3 Å². The maximum absolute atomic E-state index is 9.15. The van der Waals surface area contributed by atoms with Gasteiger partial charge in [-0.15, -0.1) is 0 Å². The molecule has 0 amide bonds. The summed E-state index contributed by atoms with van der Waals surface area (Å²) in [7, 11) is 0. The van der Waals surface area contributed by atoms with Crippen LogP contribution in [0.5, 0.6) is 0 Å². The molecule has 2 N–H and O–H groups in total. The van der Waals surface area contributed by atoms with Gasteiger partial charge in [-0.3, -0.25) is 0 Å². The Kier molecular flexibility index (Phi) is 2.50. The monoisotopic (exact) mass is 194 g/mol. The highest BCUT2D eigenvalue weighted by Crippen LogP contribution is 2.24. The Hall–Kier alpha value is 0.400. The summed E-state index contributed by atoms with van der Waals surface area (Å²) in [6.45, 7) is 0. The molecule has 0 aromatic carbocycles. The highest BCUT2D eigenvalue weighted by molar-refractivity contribution is 9.09. The Labute approximate surface area is 63.0 Å². The smallest absolute Gasteiger partial charge is 0.0923 e. The fourth-order valence-electron chi connectivity index (χ4n) is 1.10. The molecule has 9 heavy (non-hydrogen) atoms. The summed E-state index contributed by atoms with van der Waals surface area (Å²) in [5.74, 6) is 0. The Morgan fingerprint density at radius 2 is 1.89 bits per heavy atom. The van der Waals surface area contributed by atoms with Crippen LogP contribution in [0.2, 0.25) is 0 Å². The van der Waals surface area contributed by atoms with Gasteiger partial charge >= 0.3 is 0 Å². The molecule has 3 heteroatoms. The molecule has 54 valence electrons. The van der Waals surface area contributed by atoms with Gasteiger partial charge in [0.25, 0.3) is 0 Å². The topological polar surface area (TPSA) is 40.5 Å². The molecule has 0 aromatic heterocycles. The fourth-order valence-corrected chi connectivity index (χ4v) is 1.78. The second-order valence-corrected chi connectivity index (χ2v) is 3.68. The molecule has 1 saturated carbocycles. The van der Waals surface area contributed by atoms with Crippen LogP contribution in [-0.4, -0.2) is 27.2 Å². The summed E-state index contributed by atoms with van der Waals surface area (Å²) in [6.07, 6.45) is 1.65. The molecule has 2 nitrogen and oxygen atoms in total. The van der Waals surface area contributed by atoms with Crippen LogP contribution >= 0.6 is 15.9 Å². The average Bonchev–Trinajstić information content (AvgIpc) is 1.83. The zero-order chi connectivity index (χ0) is 6.85. The largest absolute Gasteiger partial charge is 0.390 e. The van der Waals surface area contributed by atoms with Gasteiger partial charge < -0.3 is 10.2 Å². The summed E-state index contributed by atoms with van der Waals surface area (Å²) >= 11 is 3.28. The Morgan fingerprint density at radius 3 is 2.33 bits per heavy atom. The van der Waals surface area contributed by atoms with E-state index in [2.05, 4.69) is 15.9 Å². The molecule has 1 aliphatic rings. The van der Waals surface area contributed by atoms with Crippen LogP contribution in [0.3, 0.4) is 0 Å². The van der Waals surface area contributed by atoms with Crippen molar-refractivity contribution in [2.24, 2.45) is 0 Å². The van der Waals surface area contributed by atoms with Crippen molar-refractivity contribution in [3.63, 3.8) is 0 Å². The summed E-state index contributed by atoms with van der Waals surface area (Å²) in [4.78, 5) is 0.0984. The van der Waals surface area contributed by atoms with Crippen LogP contribution < -0.4 is 0 Å². The van der Waals surface area contributed by atoms with E-state index in [0.717, 1.165) is 19.3 Å². The molecule has 0 unspecified atom stereocenters. The quantitative estimate of drug-likeness (QED) is 0.557. The summed E-state index contributed by atoms with van der Waals surface area (Å²) in [5, 5.41) is 18.2. The molecule has 1 fully saturated rings. The van der Waals surface area contributed by atoms with E-state index in [4.69, 9.17) is 10.2 Å². The number of hydrogen-bond donors (Lipinski definition) is 2. The average molecular weight is 195 g/mol. The van der Waals surface area contributed by atoms with E-state index in [-0.39, 0.29) is 4.83 Å². The maximum Gasteiger partial charge on any atom is 0.0923 e. The number of alkyl halides is 1. The second-order valence-electron chi connectivity index (χ2n) is 2.50. The van der Waals surface area contributed by atoms with Gasteiger partial charge in [0.1, 0.15) is 0 Å². The number of rotatable bonds is 0.